The summed E-state index contributed by atoms with van der Waals surface area (Å²) in [6.07, 6.45) is 0. The Morgan fingerprint density at radius 1 is 1.07 bits per heavy atom. The molecule has 4 rings (SSSR count). The average Bonchev–Trinajstić information content (AvgIpc) is 2.69. The van der Waals surface area contributed by atoms with Crippen molar-refractivity contribution in [3.63, 3.8) is 0 Å². The number of amides is 1. The molecule has 1 fully saturated rings. The van der Waals surface area contributed by atoms with Crippen LogP contribution in [0.1, 0.15) is 12.5 Å². The van der Waals surface area contributed by atoms with E-state index in [1.807, 2.05) is 53.4 Å². The van der Waals surface area contributed by atoms with Crippen LogP contribution in [0, 0.1) is 0 Å². The van der Waals surface area contributed by atoms with Gasteiger partial charge in [-0.15, -0.1) is 0 Å². The third-order valence-electron chi connectivity index (χ3n) is 5.04. The highest BCUT2D eigenvalue weighted by Crippen LogP contribution is 2.18. The topological polar surface area (TPSA) is 69.3 Å². The number of aromatic amines is 1. The molecule has 3 aromatic rings. The first-order valence-corrected chi connectivity index (χ1v) is 9.16. The Kier molecular flexibility index (Phi) is 4.73. The number of piperazine rings is 1. The number of hydrogen-bond donors (Lipinski definition) is 1. The number of fused-ring (bicyclic) bond motifs is 1. The predicted octanol–water partition coefficient (Wildman–Crippen LogP) is 2.25. The van der Waals surface area contributed by atoms with Gasteiger partial charge in [0.1, 0.15) is 5.82 Å². The van der Waals surface area contributed by atoms with E-state index in [9.17, 15) is 9.59 Å². The molecule has 1 aliphatic rings. The van der Waals surface area contributed by atoms with Crippen LogP contribution in [0.25, 0.3) is 22.3 Å². The second-order valence-electron chi connectivity index (χ2n) is 6.91. The van der Waals surface area contributed by atoms with Crippen LogP contribution >= 0.6 is 0 Å². The first-order chi connectivity index (χ1) is 13.1. The van der Waals surface area contributed by atoms with Crippen molar-refractivity contribution in [2.45, 2.75) is 13.5 Å². The summed E-state index contributed by atoms with van der Waals surface area (Å²) in [7, 11) is 0. The molecular formula is C21H22N4O2. The minimum Gasteiger partial charge on any atom is -0.340 e. The number of benzene rings is 2. The molecule has 1 aromatic heterocycles. The van der Waals surface area contributed by atoms with Crippen molar-refractivity contribution in [2.75, 3.05) is 26.2 Å². The minimum absolute atomic E-state index is 0.125. The Balaban J connectivity index is 1.58. The van der Waals surface area contributed by atoms with E-state index in [-0.39, 0.29) is 11.5 Å². The van der Waals surface area contributed by atoms with Gasteiger partial charge in [0.15, 0.2) is 0 Å². The van der Waals surface area contributed by atoms with Crippen LogP contribution < -0.4 is 5.56 Å². The van der Waals surface area contributed by atoms with Gasteiger partial charge in [0.05, 0.1) is 10.9 Å². The van der Waals surface area contributed by atoms with E-state index in [4.69, 9.17) is 0 Å². The monoisotopic (exact) mass is 362 g/mol. The van der Waals surface area contributed by atoms with E-state index in [2.05, 4.69) is 14.9 Å². The van der Waals surface area contributed by atoms with E-state index in [0.717, 1.165) is 43.9 Å². The zero-order valence-corrected chi connectivity index (χ0v) is 15.3. The lowest BCUT2D eigenvalue weighted by Crippen LogP contribution is -2.47. The predicted molar refractivity (Wildman–Crippen MR) is 105 cm³/mol. The number of carbonyl (C=O) groups excluding carboxylic acids is 1. The Hall–Kier alpha value is -2.99. The van der Waals surface area contributed by atoms with Crippen molar-refractivity contribution in [1.82, 2.24) is 19.8 Å². The summed E-state index contributed by atoms with van der Waals surface area (Å²) in [5.74, 6) is 0.720. The zero-order valence-electron chi connectivity index (χ0n) is 15.3. The maximum atomic E-state index is 12.4. The summed E-state index contributed by atoms with van der Waals surface area (Å²) >= 11 is 0. The highest BCUT2D eigenvalue weighted by molar-refractivity contribution is 5.80. The maximum Gasteiger partial charge on any atom is 0.259 e. The molecule has 6 heteroatoms. The smallest absolute Gasteiger partial charge is 0.259 e. The van der Waals surface area contributed by atoms with Crippen LogP contribution in [0.5, 0.6) is 0 Å². The van der Waals surface area contributed by atoms with Crippen LogP contribution in [-0.2, 0) is 11.3 Å². The fourth-order valence-electron chi connectivity index (χ4n) is 3.50. The molecule has 1 N–H and O–H groups in total. The molecule has 1 aliphatic heterocycles. The van der Waals surface area contributed by atoms with E-state index in [1.165, 1.54) is 0 Å². The van der Waals surface area contributed by atoms with Crippen molar-refractivity contribution >= 4 is 16.8 Å². The summed E-state index contributed by atoms with van der Waals surface area (Å²) in [5.41, 5.74) is 2.59. The Bertz CT molecular complexity index is 1020. The molecule has 2 aromatic carbocycles. The van der Waals surface area contributed by atoms with Gasteiger partial charge in [0, 0.05) is 45.2 Å². The van der Waals surface area contributed by atoms with Gasteiger partial charge in [-0.25, -0.2) is 4.98 Å². The summed E-state index contributed by atoms with van der Waals surface area (Å²) in [4.78, 5) is 35.6. The third kappa shape index (κ3) is 3.75. The van der Waals surface area contributed by atoms with Crippen LogP contribution in [0.2, 0.25) is 0 Å². The molecule has 0 atom stereocenters. The highest BCUT2D eigenvalue weighted by atomic mass is 16.2. The first-order valence-electron chi connectivity index (χ1n) is 9.16. The van der Waals surface area contributed by atoms with E-state index in [1.54, 1.807) is 6.92 Å². The summed E-state index contributed by atoms with van der Waals surface area (Å²) in [6.45, 7) is 5.65. The molecular weight excluding hydrogens is 340 g/mol. The fraction of sp³-hybridized carbons (Fsp3) is 0.286. The van der Waals surface area contributed by atoms with Gasteiger partial charge in [-0.2, -0.15) is 0 Å². The average molecular weight is 362 g/mol. The minimum atomic E-state index is -0.125. The lowest BCUT2D eigenvalue weighted by molar-refractivity contribution is -0.130. The lowest BCUT2D eigenvalue weighted by Gasteiger charge is -2.34. The first kappa shape index (κ1) is 17.4. The molecule has 138 valence electrons. The SMILES string of the molecule is CC(=O)N1CCN(Cc2ccc3c(=O)[nH]c(-c4ccccc4)nc3c2)CC1. The molecule has 27 heavy (non-hydrogen) atoms. The number of rotatable bonds is 3. The molecule has 1 amide bonds. The van der Waals surface area contributed by atoms with Crippen LogP contribution in [0.15, 0.2) is 53.3 Å². The van der Waals surface area contributed by atoms with Crippen molar-refractivity contribution in [1.29, 1.82) is 0 Å². The molecule has 2 heterocycles. The summed E-state index contributed by atoms with van der Waals surface area (Å²) < 4.78 is 0. The van der Waals surface area contributed by atoms with Gasteiger partial charge in [-0.3, -0.25) is 14.5 Å². The van der Waals surface area contributed by atoms with Gasteiger partial charge in [0.25, 0.3) is 5.56 Å². The molecule has 1 saturated heterocycles. The van der Waals surface area contributed by atoms with Crippen LogP contribution in [0.3, 0.4) is 0 Å². The van der Waals surface area contributed by atoms with E-state index < -0.39 is 0 Å². The number of H-pyrrole nitrogens is 1. The van der Waals surface area contributed by atoms with Crippen molar-refractivity contribution < 1.29 is 4.79 Å². The number of aromatic nitrogens is 2. The quantitative estimate of drug-likeness (QED) is 0.776. The van der Waals surface area contributed by atoms with E-state index >= 15 is 0 Å². The number of nitrogens with zero attached hydrogens (tertiary/aromatic N) is 3. The van der Waals surface area contributed by atoms with Crippen molar-refractivity contribution in [3.8, 4) is 11.4 Å². The zero-order chi connectivity index (χ0) is 18.8. The third-order valence-corrected chi connectivity index (χ3v) is 5.04. The molecule has 0 bridgehead atoms. The van der Waals surface area contributed by atoms with Gasteiger partial charge in [0.2, 0.25) is 5.91 Å². The van der Waals surface area contributed by atoms with Gasteiger partial charge in [-0.05, 0) is 17.7 Å². The van der Waals surface area contributed by atoms with Gasteiger partial charge < -0.3 is 9.88 Å². The van der Waals surface area contributed by atoms with Crippen molar-refractivity contribution in [3.05, 3.63) is 64.4 Å². The summed E-state index contributed by atoms with van der Waals surface area (Å²) in [6, 6.07) is 15.5. The Morgan fingerprint density at radius 3 is 2.52 bits per heavy atom. The maximum absolute atomic E-state index is 12.4. The molecule has 0 unspecified atom stereocenters. The van der Waals surface area contributed by atoms with Crippen LogP contribution in [-0.4, -0.2) is 51.9 Å². The number of hydrogen-bond acceptors (Lipinski definition) is 4. The second kappa shape index (κ2) is 7.32. The number of nitrogens with one attached hydrogen (secondary N) is 1. The molecule has 0 radical (unpaired) electrons. The molecule has 0 aliphatic carbocycles. The van der Waals surface area contributed by atoms with Crippen LogP contribution in [0.4, 0.5) is 0 Å². The fourth-order valence-corrected chi connectivity index (χ4v) is 3.50. The second-order valence-corrected chi connectivity index (χ2v) is 6.91. The van der Waals surface area contributed by atoms with Gasteiger partial charge >= 0.3 is 0 Å². The Morgan fingerprint density at radius 2 is 1.81 bits per heavy atom. The van der Waals surface area contributed by atoms with E-state index in [0.29, 0.717) is 16.7 Å². The molecule has 6 nitrogen and oxygen atoms in total. The summed E-state index contributed by atoms with van der Waals surface area (Å²) in [5, 5.41) is 0.597. The highest BCUT2D eigenvalue weighted by Gasteiger charge is 2.18. The normalized spacial score (nSPS) is 15.2. The van der Waals surface area contributed by atoms with Gasteiger partial charge in [-0.1, -0.05) is 36.4 Å². The lowest BCUT2D eigenvalue weighted by atomic mass is 10.1. The molecule has 0 saturated carbocycles. The number of carbonyl (C=O) groups is 1. The Labute approximate surface area is 157 Å². The standard InChI is InChI=1S/C21H22N4O2/c1-15(26)25-11-9-24(10-12-25)14-16-7-8-18-19(13-16)22-20(23-21(18)27)17-5-3-2-4-6-17/h2-8,13H,9-12,14H2,1H3,(H,22,23,27). The molecule has 0 spiro atoms. The van der Waals surface area contributed by atoms with Crippen molar-refractivity contribution in [2.24, 2.45) is 0 Å². The largest absolute Gasteiger partial charge is 0.340 e.